The average Bonchev–Trinajstić information content (AvgIpc) is 3.27. The van der Waals surface area contributed by atoms with Gasteiger partial charge in [0.25, 0.3) is 0 Å². The second kappa shape index (κ2) is 50.8. The summed E-state index contributed by atoms with van der Waals surface area (Å²) in [4.78, 5) is 37.9. The van der Waals surface area contributed by atoms with Crippen LogP contribution < -0.4 is 0 Å². The van der Waals surface area contributed by atoms with Crippen LogP contribution in [0.4, 0.5) is 0 Å². The Morgan fingerprint density at radius 1 is 0.355 bits per heavy atom. The molecule has 358 valence electrons. The lowest BCUT2D eigenvalue weighted by atomic mass is 10.0. The quantitative estimate of drug-likeness (QED) is 0.0199. The zero-order valence-corrected chi connectivity index (χ0v) is 40.9. The first-order valence-electron chi connectivity index (χ1n) is 26.3. The summed E-state index contributed by atoms with van der Waals surface area (Å²) in [5.74, 6) is -0.936. The van der Waals surface area contributed by atoms with Gasteiger partial charge in [0.2, 0.25) is 0 Å². The van der Waals surface area contributed by atoms with E-state index >= 15 is 0 Å². The van der Waals surface area contributed by atoms with E-state index in [1.807, 2.05) is 0 Å². The van der Waals surface area contributed by atoms with Gasteiger partial charge in [0, 0.05) is 19.3 Å². The van der Waals surface area contributed by atoms with E-state index in [-0.39, 0.29) is 31.1 Å². The van der Waals surface area contributed by atoms with Crippen molar-refractivity contribution in [1.29, 1.82) is 0 Å². The number of hydrogen-bond acceptors (Lipinski definition) is 6. The first-order chi connectivity index (χ1) is 30.5. The fourth-order valence-corrected chi connectivity index (χ4v) is 7.32. The lowest BCUT2D eigenvalue weighted by Gasteiger charge is -2.18. The fourth-order valence-electron chi connectivity index (χ4n) is 7.32. The number of carbonyl (C=O) groups is 3. The van der Waals surface area contributed by atoms with Gasteiger partial charge < -0.3 is 14.2 Å². The highest BCUT2D eigenvalue weighted by molar-refractivity contribution is 5.71. The Kier molecular flexibility index (Phi) is 48.4. The van der Waals surface area contributed by atoms with Crippen molar-refractivity contribution < 1.29 is 28.6 Å². The van der Waals surface area contributed by atoms with Crippen molar-refractivity contribution >= 4 is 17.9 Å². The molecule has 0 rings (SSSR count). The van der Waals surface area contributed by atoms with Crippen LogP contribution in [0, 0.1) is 0 Å². The standard InChI is InChI=1S/C56H98O6/c1-4-7-10-13-16-19-22-24-26-27-28-29-30-32-34-37-40-43-46-49-55(58)61-52-53(51-60-54(57)48-45-42-39-36-33-21-18-15-12-9-6-3)62-56(59)50-47-44-41-38-35-31-25-23-20-17-14-11-8-5-2/h8,11,15,17-18,20-21,25,31,33,53H,4-7,9-10,12-14,16,19,22-24,26-30,32,34-52H2,1-3H3/b11-8-,18-15-,20-17-,31-25-,33-21-. The Bertz CT molecular complexity index is 1130. The molecule has 0 aromatic carbocycles. The molecule has 0 radical (unpaired) electrons. The van der Waals surface area contributed by atoms with E-state index in [4.69, 9.17) is 14.2 Å². The minimum absolute atomic E-state index is 0.0901. The summed E-state index contributed by atoms with van der Waals surface area (Å²) in [5.41, 5.74) is 0. The lowest BCUT2D eigenvalue weighted by molar-refractivity contribution is -0.167. The Morgan fingerprint density at radius 2 is 0.694 bits per heavy atom. The number of unbranched alkanes of at least 4 members (excludes halogenated alkanes) is 27. The molecule has 6 nitrogen and oxygen atoms in total. The highest BCUT2D eigenvalue weighted by Crippen LogP contribution is 2.16. The van der Waals surface area contributed by atoms with Crippen LogP contribution in [0.3, 0.4) is 0 Å². The molecule has 0 bridgehead atoms. The van der Waals surface area contributed by atoms with Gasteiger partial charge in [-0.1, -0.05) is 229 Å². The number of allylic oxidation sites excluding steroid dienone is 10. The van der Waals surface area contributed by atoms with Crippen LogP contribution in [0.15, 0.2) is 60.8 Å². The third kappa shape index (κ3) is 48.1. The Balaban J connectivity index is 4.35. The van der Waals surface area contributed by atoms with Crippen molar-refractivity contribution in [2.75, 3.05) is 13.2 Å². The summed E-state index contributed by atoms with van der Waals surface area (Å²) < 4.78 is 16.7. The number of ether oxygens (including phenoxy) is 3. The summed E-state index contributed by atoms with van der Waals surface area (Å²) >= 11 is 0. The molecule has 0 aromatic rings. The van der Waals surface area contributed by atoms with Gasteiger partial charge in [-0.15, -0.1) is 0 Å². The second-order valence-electron chi connectivity index (χ2n) is 17.4. The highest BCUT2D eigenvalue weighted by atomic mass is 16.6. The van der Waals surface area contributed by atoms with Crippen molar-refractivity contribution in [2.45, 2.75) is 264 Å². The highest BCUT2D eigenvalue weighted by Gasteiger charge is 2.19. The molecule has 0 aliphatic carbocycles. The van der Waals surface area contributed by atoms with E-state index in [1.54, 1.807) is 0 Å². The molecule has 0 heterocycles. The van der Waals surface area contributed by atoms with Gasteiger partial charge in [0.05, 0.1) is 0 Å². The maximum Gasteiger partial charge on any atom is 0.306 e. The molecule has 62 heavy (non-hydrogen) atoms. The molecule has 0 fully saturated rings. The fraction of sp³-hybridized carbons (Fsp3) is 0.768. The monoisotopic (exact) mass is 867 g/mol. The molecule has 1 atom stereocenters. The molecule has 0 N–H and O–H groups in total. The largest absolute Gasteiger partial charge is 0.462 e. The zero-order valence-electron chi connectivity index (χ0n) is 40.9. The Labute approximate surface area is 383 Å². The number of esters is 3. The Hall–Kier alpha value is -2.89. The topological polar surface area (TPSA) is 78.9 Å². The predicted octanol–water partition coefficient (Wildman–Crippen LogP) is 17.3. The van der Waals surface area contributed by atoms with Gasteiger partial charge in [-0.2, -0.15) is 0 Å². The van der Waals surface area contributed by atoms with Crippen LogP contribution in [-0.4, -0.2) is 37.2 Å². The minimum Gasteiger partial charge on any atom is -0.462 e. The molecular formula is C56H98O6. The molecule has 6 heteroatoms. The lowest BCUT2D eigenvalue weighted by Crippen LogP contribution is -2.30. The van der Waals surface area contributed by atoms with E-state index in [2.05, 4.69) is 81.5 Å². The maximum atomic E-state index is 12.8. The SMILES string of the molecule is CC/C=C\C/C=C\C/C=C\CCCCCCC(=O)OC(COC(=O)CCCCC/C=C\C=C/CCCC)COC(=O)CCCCCCCCCCCCCCCCCCCCC. The van der Waals surface area contributed by atoms with Gasteiger partial charge in [-0.05, 0) is 70.6 Å². The van der Waals surface area contributed by atoms with Gasteiger partial charge >= 0.3 is 17.9 Å². The van der Waals surface area contributed by atoms with Crippen LogP contribution in [0.1, 0.15) is 258 Å². The molecule has 0 amide bonds. The molecule has 0 aromatic heterocycles. The zero-order chi connectivity index (χ0) is 45.1. The van der Waals surface area contributed by atoms with Crippen LogP contribution in [0.5, 0.6) is 0 Å². The number of rotatable bonds is 47. The maximum absolute atomic E-state index is 12.8. The molecule has 0 spiro atoms. The molecule has 1 unspecified atom stereocenters. The molecule has 0 aliphatic rings. The summed E-state index contributed by atoms with van der Waals surface area (Å²) in [6.45, 7) is 6.44. The third-order valence-electron chi connectivity index (χ3n) is 11.3. The summed E-state index contributed by atoms with van der Waals surface area (Å²) in [5, 5.41) is 0. The summed E-state index contributed by atoms with van der Waals surface area (Å²) in [6.07, 6.45) is 62.1. The predicted molar refractivity (Wildman–Crippen MR) is 265 cm³/mol. The van der Waals surface area contributed by atoms with Crippen LogP contribution in [0.2, 0.25) is 0 Å². The van der Waals surface area contributed by atoms with E-state index in [1.165, 1.54) is 116 Å². The Morgan fingerprint density at radius 3 is 1.15 bits per heavy atom. The molecule has 0 aliphatic heterocycles. The number of hydrogen-bond donors (Lipinski definition) is 0. The first kappa shape index (κ1) is 59.1. The smallest absolute Gasteiger partial charge is 0.306 e. The second-order valence-corrected chi connectivity index (χ2v) is 17.4. The third-order valence-corrected chi connectivity index (χ3v) is 11.3. The van der Waals surface area contributed by atoms with Crippen LogP contribution in [0.25, 0.3) is 0 Å². The van der Waals surface area contributed by atoms with Crippen molar-refractivity contribution in [1.82, 2.24) is 0 Å². The van der Waals surface area contributed by atoms with Crippen LogP contribution >= 0.6 is 0 Å². The van der Waals surface area contributed by atoms with Gasteiger partial charge in [-0.3, -0.25) is 14.4 Å². The van der Waals surface area contributed by atoms with Crippen molar-refractivity contribution in [2.24, 2.45) is 0 Å². The van der Waals surface area contributed by atoms with Crippen molar-refractivity contribution in [3.8, 4) is 0 Å². The van der Waals surface area contributed by atoms with Crippen LogP contribution in [-0.2, 0) is 28.6 Å². The molecule has 0 saturated carbocycles. The van der Waals surface area contributed by atoms with Gasteiger partial charge in [0.15, 0.2) is 6.10 Å². The van der Waals surface area contributed by atoms with E-state index < -0.39 is 6.10 Å². The minimum atomic E-state index is -0.794. The first-order valence-corrected chi connectivity index (χ1v) is 26.3. The van der Waals surface area contributed by atoms with E-state index in [0.717, 1.165) is 103 Å². The van der Waals surface area contributed by atoms with E-state index in [9.17, 15) is 14.4 Å². The van der Waals surface area contributed by atoms with Crippen molar-refractivity contribution in [3.05, 3.63) is 60.8 Å². The van der Waals surface area contributed by atoms with Crippen molar-refractivity contribution in [3.63, 3.8) is 0 Å². The van der Waals surface area contributed by atoms with Gasteiger partial charge in [0.1, 0.15) is 13.2 Å². The average molecular weight is 867 g/mol. The summed E-state index contributed by atoms with van der Waals surface area (Å²) in [6, 6.07) is 0. The van der Waals surface area contributed by atoms with Gasteiger partial charge in [-0.25, -0.2) is 0 Å². The van der Waals surface area contributed by atoms with E-state index in [0.29, 0.717) is 19.3 Å². The molecule has 0 saturated heterocycles. The molecular weight excluding hydrogens is 769 g/mol. The number of carbonyl (C=O) groups excluding carboxylic acids is 3. The normalized spacial score (nSPS) is 12.5. The summed E-state index contributed by atoms with van der Waals surface area (Å²) in [7, 11) is 0.